The summed E-state index contributed by atoms with van der Waals surface area (Å²) >= 11 is 6.36. The molecule has 3 aromatic rings. The van der Waals surface area contributed by atoms with Gasteiger partial charge in [0, 0.05) is 53.2 Å². The van der Waals surface area contributed by atoms with Crippen molar-refractivity contribution in [1.82, 2.24) is 15.2 Å². The number of carbonyl (C=O) groups is 3. The molecule has 0 fully saturated rings. The van der Waals surface area contributed by atoms with Crippen molar-refractivity contribution in [2.45, 2.75) is 64.6 Å². The Morgan fingerprint density at radius 3 is 2.42 bits per heavy atom. The van der Waals surface area contributed by atoms with Gasteiger partial charge in [-0.05, 0) is 74.2 Å². The number of hydrogen-bond donors (Lipinski definition) is 3. The first-order chi connectivity index (χ1) is 21.1. The lowest BCUT2D eigenvalue weighted by Crippen LogP contribution is -2.54. The number of carboxylic acids is 1. The predicted molar refractivity (Wildman–Crippen MR) is 171 cm³/mol. The van der Waals surface area contributed by atoms with Crippen molar-refractivity contribution in [1.29, 1.82) is 0 Å². The topological polar surface area (TPSA) is 106 Å². The van der Waals surface area contributed by atoms with Gasteiger partial charge >= 0.3 is 12.1 Å². The fraction of sp³-hybridized carbons (Fsp3) is 0.485. The van der Waals surface area contributed by atoms with Gasteiger partial charge in [-0.15, -0.1) is 0 Å². The molecular formula is C33H42ClF3N4O4. The summed E-state index contributed by atoms with van der Waals surface area (Å²) in [6, 6.07) is 13.2. The minimum atomic E-state index is -5.08. The summed E-state index contributed by atoms with van der Waals surface area (Å²) < 4.78 is 31.7. The Balaban J connectivity index is 0.000000707. The number of para-hydroxylation sites is 1. The van der Waals surface area contributed by atoms with E-state index >= 15 is 0 Å². The summed E-state index contributed by atoms with van der Waals surface area (Å²) in [5.74, 6) is -2.33. The first-order valence-corrected chi connectivity index (χ1v) is 15.4. The van der Waals surface area contributed by atoms with Crippen LogP contribution in [0.4, 0.5) is 18.9 Å². The number of anilines is 1. The monoisotopic (exact) mass is 650 g/mol. The predicted octanol–water partition coefficient (Wildman–Crippen LogP) is 6.64. The third-order valence-electron chi connectivity index (χ3n) is 7.79. The minimum absolute atomic E-state index is 0.0751. The van der Waals surface area contributed by atoms with Crippen LogP contribution in [0.5, 0.6) is 0 Å². The molecular weight excluding hydrogens is 609 g/mol. The molecule has 8 nitrogen and oxygen atoms in total. The molecule has 0 radical (unpaired) electrons. The van der Waals surface area contributed by atoms with Gasteiger partial charge in [0.2, 0.25) is 11.8 Å². The summed E-state index contributed by atoms with van der Waals surface area (Å²) in [6.45, 7) is 7.82. The summed E-state index contributed by atoms with van der Waals surface area (Å²) in [5, 5.41) is 12.0. The van der Waals surface area contributed by atoms with Crippen molar-refractivity contribution >= 4 is 46.0 Å². The third kappa shape index (κ3) is 9.96. The van der Waals surface area contributed by atoms with E-state index in [4.69, 9.17) is 21.5 Å². The number of fused-ring (bicyclic) bond motifs is 2. The molecule has 246 valence electrons. The summed E-state index contributed by atoms with van der Waals surface area (Å²) in [6.07, 6.45) is -0.0439. The smallest absolute Gasteiger partial charge is 0.475 e. The number of carbonyl (C=O) groups excluding carboxylic acids is 2. The van der Waals surface area contributed by atoms with Crippen molar-refractivity contribution in [2.24, 2.45) is 11.8 Å². The molecule has 3 atom stereocenters. The van der Waals surface area contributed by atoms with Crippen molar-refractivity contribution < 1.29 is 32.7 Å². The molecule has 2 heterocycles. The van der Waals surface area contributed by atoms with Gasteiger partial charge in [-0.25, -0.2) is 4.79 Å². The number of H-pyrrole nitrogens is 1. The molecule has 1 aromatic heterocycles. The van der Waals surface area contributed by atoms with E-state index in [1.54, 1.807) is 0 Å². The molecule has 12 heteroatoms. The van der Waals surface area contributed by atoms with E-state index < -0.39 is 18.2 Å². The number of benzene rings is 2. The number of aliphatic carboxylic acids is 1. The van der Waals surface area contributed by atoms with Gasteiger partial charge in [0.15, 0.2) is 0 Å². The van der Waals surface area contributed by atoms with Gasteiger partial charge in [0.05, 0.1) is 0 Å². The highest BCUT2D eigenvalue weighted by Gasteiger charge is 2.38. The Labute approximate surface area is 266 Å². The van der Waals surface area contributed by atoms with Gasteiger partial charge < -0.3 is 25.2 Å². The van der Waals surface area contributed by atoms with Crippen molar-refractivity contribution in [3.63, 3.8) is 0 Å². The van der Waals surface area contributed by atoms with Gasteiger partial charge in [-0.1, -0.05) is 57.0 Å². The van der Waals surface area contributed by atoms with Crippen LogP contribution in [0.25, 0.3) is 10.9 Å². The van der Waals surface area contributed by atoms with Crippen LogP contribution in [0.2, 0.25) is 5.02 Å². The van der Waals surface area contributed by atoms with Gasteiger partial charge in [-0.2, -0.15) is 13.2 Å². The molecule has 2 unspecified atom stereocenters. The molecule has 1 aliphatic rings. The van der Waals surface area contributed by atoms with Gasteiger partial charge in [0.1, 0.15) is 6.04 Å². The molecule has 1 aliphatic heterocycles. The molecule has 2 aromatic carbocycles. The number of rotatable bonds is 10. The van der Waals surface area contributed by atoms with Crippen LogP contribution in [0.1, 0.15) is 57.1 Å². The number of aromatic nitrogens is 1. The standard InChI is InChI=1S/C31H41ClN4O2.C2HF3O2/c1-20(2)9-8-12-29(37)34-30(21(3)26-17-33-27-11-7-6-10-25(26)27)31(38)36-19-22(18-35(4)5)15-23-16-24(32)13-14-28(23)36;3-2(4,5)1(6)7/h6-7,10-11,13-14,16-17,20-22,30,33H,8-9,12,15,18-19H2,1-5H3,(H,34,37);(H,6,7)/t21?,22-,30?;/m1./s1. The van der Waals surface area contributed by atoms with E-state index in [-0.39, 0.29) is 23.7 Å². The average Bonchev–Trinajstić information content (AvgIpc) is 3.38. The Morgan fingerprint density at radius 2 is 1.80 bits per heavy atom. The Kier molecular flexibility index (Phi) is 12.5. The van der Waals surface area contributed by atoms with E-state index in [1.165, 1.54) is 0 Å². The second-order valence-electron chi connectivity index (χ2n) is 12.3. The molecule has 0 bridgehead atoms. The fourth-order valence-electron chi connectivity index (χ4n) is 5.70. The molecule has 3 N–H and O–H groups in total. The quantitative estimate of drug-likeness (QED) is 0.228. The zero-order valence-electron chi connectivity index (χ0n) is 26.2. The van der Waals surface area contributed by atoms with Crippen LogP contribution in [0.3, 0.4) is 0 Å². The number of nitrogens with one attached hydrogen (secondary N) is 2. The number of halogens is 4. The first kappa shape index (κ1) is 35.9. The lowest BCUT2D eigenvalue weighted by Gasteiger charge is -2.38. The second kappa shape index (κ2) is 15.6. The van der Waals surface area contributed by atoms with E-state index in [9.17, 15) is 22.8 Å². The Morgan fingerprint density at radius 1 is 1.13 bits per heavy atom. The molecule has 0 saturated heterocycles. The number of carboxylic acid groups (broad SMARTS) is 1. The van der Waals surface area contributed by atoms with E-state index in [1.807, 2.05) is 54.4 Å². The highest BCUT2D eigenvalue weighted by Crippen LogP contribution is 2.35. The minimum Gasteiger partial charge on any atom is -0.475 e. The zero-order chi connectivity index (χ0) is 33.5. The highest BCUT2D eigenvalue weighted by molar-refractivity contribution is 6.30. The molecule has 4 rings (SSSR count). The fourth-order valence-corrected chi connectivity index (χ4v) is 5.89. The Hall–Kier alpha value is -3.57. The molecule has 0 aliphatic carbocycles. The first-order valence-electron chi connectivity index (χ1n) is 15.0. The van der Waals surface area contributed by atoms with Crippen molar-refractivity contribution in [3.05, 3.63) is 64.8 Å². The molecule has 0 spiro atoms. The van der Waals surface area contributed by atoms with Crippen molar-refractivity contribution in [2.75, 3.05) is 32.1 Å². The van der Waals surface area contributed by atoms with E-state index in [0.717, 1.165) is 53.5 Å². The number of hydrogen-bond acceptors (Lipinski definition) is 4. The third-order valence-corrected chi connectivity index (χ3v) is 8.03. The lowest BCUT2D eigenvalue weighted by molar-refractivity contribution is -0.192. The largest absolute Gasteiger partial charge is 0.490 e. The van der Waals surface area contributed by atoms with Gasteiger partial charge in [0.25, 0.3) is 0 Å². The maximum atomic E-state index is 14.4. The maximum absolute atomic E-state index is 14.4. The van der Waals surface area contributed by atoms with Crippen LogP contribution >= 0.6 is 11.6 Å². The van der Waals surface area contributed by atoms with E-state index in [2.05, 4.69) is 49.2 Å². The number of alkyl halides is 3. The van der Waals surface area contributed by atoms with Crippen LogP contribution in [0, 0.1) is 11.8 Å². The molecule has 2 amide bonds. The maximum Gasteiger partial charge on any atom is 0.490 e. The van der Waals surface area contributed by atoms with Crippen LogP contribution in [-0.4, -0.2) is 72.2 Å². The van der Waals surface area contributed by atoms with E-state index in [0.29, 0.717) is 23.9 Å². The molecule has 0 saturated carbocycles. The zero-order valence-corrected chi connectivity index (χ0v) is 27.0. The van der Waals surface area contributed by atoms with Crippen LogP contribution in [-0.2, 0) is 20.8 Å². The average molecular weight is 651 g/mol. The van der Waals surface area contributed by atoms with Gasteiger partial charge in [-0.3, -0.25) is 9.59 Å². The SMILES string of the molecule is CC(C)CCCC(=O)NC(C(=O)N1C[C@@H](CN(C)C)Cc2cc(Cl)ccc21)C(C)c1c[nH]c2ccccc12.O=C(O)C(F)(F)F. The number of nitrogens with zero attached hydrogens (tertiary/aromatic N) is 2. The molecule has 45 heavy (non-hydrogen) atoms. The second-order valence-corrected chi connectivity index (χ2v) is 12.7. The Bertz CT molecular complexity index is 1470. The highest BCUT2D eigenvalue weighted by atomic mass is 35.5. The van der Waals surface area contributed by atoms with Crippen LogP contribution < -0.4 is 10.2 Å². The van der Waals surface area contributed by atoms with Crippen LogP contribution in [0.15, 0.2) is 48.7 Å². The summed E-state index contributed by atoms with van der Waals surface area (Å²) in [4.78, 5) is 43.8. The normalized spacial score (nSPS) is 16.2. The number of amides is 2. The van der Waals surface area contributed by atoms with Crippen molar-refractivity contribution in [3.8, 4) is 0 Å². The summed E-state index contributed by atoms with van der Waals surface area (Å²) in [5.41, 5.74) is 4.01. The number of aromatic amines is 1. The summed E-state index contributed by atoms with van der Waals surface area (Å²) in [7, 11) is 4.11. The lowest BCUT2D eigenvalue weighted by atomic mass is 9.88.